The van der Waals surface area contributed by atoms with E-state index in [4.69, 9.17) is 0 Å². The fraction of sp³-hybridized carbons (Fsp3) is 0.600. The van der Waals surface area contributed by atoms with Gasteiger partial charge < -0.3 is 10.4 Å². The number of rotatable bonds is 3. The zero-order valence-corrected chi connectivity index (χ0v) is 10.8. The predicted molar refractivity (Wildman–Crippen MR) is 72.5 cm³/mol. The third-order valence-corrected chi connectivity index (χ3v) is 4.02. The lowest BCUT2D eigenvalue weighted by atomic mass is 10.1. The molecule has 0 amide bonds. The molecule has 1 aliphatic heterocycles. The van der Waals surface area contributed by atoms with Crippen LogP contribution in [0.15, 0.2) is 24.3 Å². The summed E-state index contributed by atoms with van der Waals surface area (Å²) < 4.78 is 0. The quantitative estimate of drug-likeness (QED) is 0.856. The molecular weight excluding hydrogens is 224 g/mol. The summed E-state index contributed by atoms with van der Waals surface area (Å²) in [5, 5.41) is 13.2. The molecule has 2 aliphatic rings. The maximum Gasteiger partial charge on any atom is 0.115 e. The average molecular weight is 246 g/mol. The Kier molecular flexibility index (Phi) is 3.52. The Balaban J connectivity index is 1.63. The van der Waals surface area contributed by atoms with Gasteiger partial charge in [-0.05, 0) is 56.0 Å². The Labute approximate surface area is 109 Å². The van der Waals surface area contributed by atoms with Crippen molar-refractivity contribution in [3.05, 3.63) is 29.8 Å². The molecule has 1 heterocycles. The molecule has 1 atom stereocenters. The molecule has 1 unspecified atom stereocenters. The van der Waals surface area contributed by atoms with Crippen molar-refractivity contribution in [3.63, 3.8) is 0 Å². The SMILES string of the molecule is Oc1cccc(CN2CCCNC(C3CC3)C2)c1. The van der Waals surface area contributed by atoms with Crippen molar-refractivity contribution >= 4 is 0 Å². The maximum absolute atomic E-state index is 9.52. The summed E-state index contributed by atoms with van der Waals surface area (Å²) in [6, 6.07) is 8.33. The molecule has 3 heteroatoms. The highest BCUT2D eigenvalue weighted by Crippen LogP contribution is 2.33. The minimum absolute atomic E-state index is 0.374. The molecule has 1 saturated carbocycles. The zero-order valence-electron chi connectivity index (χ0n) is 10.8. The summed E-state index contributed by atoms with van der Waals surface area (Å²) in [5.41, 5.74) is 1.21. The maximum atomic E-state index is 9.52. The highest BCUT2D eigenvalue weighted by molar-refractivity contribution is 5.27. The van der Waals surface area contributed by atoms with Crippen LogP contribution < -0.4 is 5.32 Å². The Morgan fingerprint density at radius 2 is 2.22 bits per heavy atom. The third kappa shape index (κ3) is 3.03. The molecule has 0 radical (unpaired) electrons. The number of phenols is 1. The Bertz CT molecular complexity index is 403. The molecule has 1 aromatic carbocycles. The number of aromatic hydroxyl groups is 1. The van der Waals surface area contributed by atoms with Crippen LogP contribution in [0.4, 0.5) is 0 Å². The molecule has 1 aliphatic carbocycles. The Morgan fingerprint density at radius 3 is 3.00 bits per heavy atom. The fourth-order valence-corrected chi connectivity index (χ4v) is 2.90. The van der Waals surface area contributed by atoms with Crippen molar-refractivity contribution < 1.29 is 5.11 Å². The standard InChI is InChI=1S/C15H22N2O/c18-14-4-1-3-12(9-14)10-17-8-2-7-16-15(11-17)13-5-6-13/h1,3-4,9,13,15-16,18H,2,5-8,10-11H2. The zero-order chi connectivity index (χ0) is 12.4. The summed E-state index contributed by atoms with van der Waals surface area (Å²) in [6.07, 6.45) is 4.03. The second kappa shape index (κ2) is 5.29. The van der Waals surface area contributed by atoms with Crippen LogP contribution >= 0.6 is 0 Å². The van der Waals surface area contributed by atoms with E-state index in [0.29, 0.717) is 11.8 Å². The van der Waals surface area contributed by atoms with Crippen LogP contribution in [0.2, 0.25) is 0 Å². The number of phenolic OH excluding ortho intramolecular Hbond substituents is 1. The largest absolute Gasteiger partial charge is 0.508 e. The average Bonchev–Trinajstić information content (AvgIpc) is 3.15. The Hall–Kier alpha value is -1.06. The van der Waals surface area contributed by atoms with Crippen LogP contribution in [0.25, 0.3) is 0 Å². The molecule has 0 spiro atoms. The monoisotopic (exact) mass is 246 g/mol. The van der Waals surface area contributed by atoms with Crippen LogP contribution in [0, 0.1) is 5.92 Å². The van der Waals surface area contributed by atoms with Gasteiger partial charge in [-0.15, -0.1) is 0 Å². The van der Waals surface area contributed by atoms with E-state index in [1.54, 1.807) is 6.07 Å². The van der Waals surface area contributed by atoms with Crippen molar-refractivity contribution in [2.24, 2.45) is 5.92 Å². The first-order valence-corrected chi connectivity index (χ1v) is 7.05. The van der Waals surface area contributed by atoms with Gasteiger partial charge in [-0.3, -0.25) is 4.90 Å². The highest BCUT2D eigenvalue weighted by atomic mass is 16.3. The van der Waals surface area contributed by atoms with E-state index in [1.807, 2.05) is 12.1 Å². The van der Waals surface area contributed by atoms with E-state index in [0.717, 1.165) is 32.1 Å². The van der Waals surface area contributed by atoms with Crippen molar-refractivity contribution in [2.45, 2.75) is 31.8 Å². The van der Waals surface area contributed by atoms with Crippen molar-refractivity contribution in [1.29, 1.82) is 0 Å². The van der Waals surface area contributed by atoms with Crippen molar-refractivity contribution in [2.75, 3.05) is 19.6 Å². The Morgan fingerprint density at radius 1 is 1.33 bits per heavy atom. The van der Waals surface area contributed by atoms with E-state index in [9.17, 15) is 5.11 Å². The second-order valence-corrected chi connectivity index (χ2v) is 5.66. The minimum atomic E-state index is 0.374. The summed E-state index contributed by atoms with van der Waals surface area (Å²) >= 11 is 0. The fourth-order valence-electron chi connectivity index (χ4n) is 2.90. The van der Waals surface area contributed by atoms with Crippen LogP contribution in [-0.4, -0.2) is 35.7 Å². The number of hydrogen-bond donors (Lipinski definition) is 2. The number of hydrogen-bond acceptors (Lipinski definition) is 3. The predicted octanol–water partition coefficient (Wildman–Crippen LogP) is 1.97. The van der Waals surface area contributed by atoms with Gasteiger partial charge in [0.25, 0.3) is 0 Å². The summed E-state index contributed by atoms with van der Waals surface area (Å²) in [7, 11) is 0. The number of benzene rings is 1. The molecule has 3 nitrogen and oxygen atoms in total. The van der Waals surface area contributed by atoms with Gasteiger partial charge in [0.15, 0.2) is 0 Å². The highest BCUT2D eigenvalue weighted by Gasteiger charge is 2.32. The number of nitrogens with one attached hydrogen (secondary N) is 1. The third-order valence-electron chi connectivity index (χ3n) is 4.02. The molecule has 1 saturated heterocycles. The van der Waals surface area contributed by atoms with Gasteiger partial charge in [0.2, 0.25) is 0 Å². The first kappa shape index (κ1) is 12.0. The van der Waals surface area contributed by atoms with E-state index >= 15 is 0 Å². The molecule has 1 aromatic rings. The van der Waals surface area contributed by atoms with E-state index in [-0.39, 0.29) is 0 Å². The lowest BCUT2D eigenvalue weighted by Gasteiger charge is -2.24. The molecule has 18 heavy (non-hydrogen) atoms. The molecule has 98 valence electrons. The molecule has 2 fully saturated rings. The van der Waals surface area contributed by atoms with Crippen LogP contribution in [0.3, 0.4) is 0 Å². The van der Waals surface area contributed by atoms with Crippen molar-refractivity contribution in [3.8, 4) is 5.75 Å². The van der Waals surface area contributed by atoms with Gasteiger partial charge in [0, 0.05) is 19.1 Å². The molecular formula is C15H22N2O. The van der Waals surface area contributed by atoms with E-state index in [2.05, 4.69) is 16.3 Å². The van der Waals surface area contributed by atoms with Gasteiger partial charge in [-0.2, -0.15) is 0 Å². The molecule has 2 N–H and O–H groups in total. The summed E-state index contributed by atoms with van der Waals surface area (Å²) in [5.74, 6) is 1.29. The van der Waals surface area contributed by atoms with Crippen LogP contribution in [0.5, 0.6) is 5.75 Å². The summed E-state index contributed by atoms with van der Waals surface area (Å²) in [6.45, 7) is 4.42. The van der Waals surface area contributed by atoms with Crippen LogP contribution in [0.1, 0.15) is 24.8 Å². The lowest BCUT2D eigenvalue weighted by Crippen LogP contribution is -2.38. The normalized spacial score (nSPS) is 25.9. The topological polar surface area (TPSA) is 35.5 Å². The summed E-state index contributed by atoms with van der Waals surface area (Å²) in [4.78, 5) is 2.53. The minimum Gasteiger partial charge on any atom is -0.508 e. The van der Waals surface area contributed by atoms with Gasteiger partial charge in [0.1, 0.15) is 5.75 Å². The van der Waals surface area contributed by atoms with Crippen LogP contribution in [-0.2, 0) is 6.54 Å². The smallest absolute Gasteiger partial charge is 0.115 e. The lowest BCUT2D eigenvalue weighted by molar-refractivity contribution is 0.250. The van der Waals surface area contributed by atoms with E-state index in [1.165, 1.54) is 24.8 Å². The van der Waals surface area contributed by atoms with Gasteiger partial charge in [-0.25, -0.2) is 0 Å². The molecule has 0 bridgehead atoms. The first-order chi connectivity index (χ1) is 8.81. The molecule has 0 aromatic heterocycles. The van der Waals surface area contributed by atoms with Gasteiger partial charge in [-0.1, -0.05) is 12.1 Å². The van der Waals surface area contributed by atoms with Gasteiger partial charge in [0.05, 0.1) is 0 Å². The first-order valence-electron chi connectivity index (χ1n) is 7.05. The van der Waals surface area contributed by atoms with Crippen molar-refractivity contribution in [1.82, 2.24) is 10.2 Å². The molecule has 3 rings (SSSR count). The van der Waals surface area contributed by atoms with Gasteiger partial charge >= 0.3 is 0 Å². The van der Waals surface area contributed by atoms with E-state index < -0.39 is 0 Å². The number of nitrogens with zero attached hydrogens (tertiary/aromatic N) is 1. The second-order valence-electron chi connectivity index (χ2n) is 5.66.